The monoisotopic (exact) mass is 484 g/mol. The molecule has 36 heavy (non-hydrogen) atoms. The van der Waals surface area contributed by atoms with E-state index < -0.39 is 11.9 Å². The van der Waals surface area contributed by atoms with E-state index in [0.717, 1.165) is 26.9 Å². The van der Waals surface area contributed by atoms with Gasteiger partial charge in [0.05, 0.1) is 28.9 Å². The van der Waals surface area contributed by atoms with Gasteiger partial charge in [-0.15, -0.1) is 0 Å². The number of ether oxygens (including phenoxy) is 2. The first-order chi connectivity index (χ1) is 17.3. The maximum atomic E-state index is 13.1. The molecule has 182 valence electrons. The van der Waals surface area contributed by atoms with E-state index in [4.69, 9.17) is 9.47 Å². The Morgan fingerprint density at radius 1 is 0.889 bits per heavy atom. The van der Waals surface area contributed by atoms with Gasteiger partial charge in [-0.05, 0) is 44.2 Å². The molecule has 1 aliphatic rings. The summed E-state index contributed by atoms with van der Waals surface area (Å²) < 4.78 is 13.1. The molecule has 8 nitrogen and oxygen atoms in total. The molecule has 0 atom stereocenters. The molecule has 3 aromatic carbocycles. The Balaban J connectivity index is 1.55. The summed E-state index contributed by atoms with van der Waals surface area (Å²) in [5.74, 6) is -1.24. The van der Waals surface area contributed by atoms with E-state index >= 15 is 0 Å². The molecule has 4 aromatic rings. The van der Waals surface area contributed by atoms with Crippen LogP contribution in [0, 0.1) is 6.92 Å². The van der Waals surface area contributed by atoms with Gasteiger partial charge in [0.25, 0.3) is 0 Å². The van der Waals surface area contributed by atoms with Gasteiger partial charge in [0.15, 0.2) is 0 Å². The average Bonchev–Trinajstić information content (AvgIpc) is 3.34. The normalized spacial score (nSPS) is 13.6. The third-order valence-electron chi connectivity index (χ3n) is 6.54. The van der Waals surface area contributed by atoms with Crippen LogP contribution in [0.5, 0.6) is 5.75 Å². The minimum Gasteiger partial charge on any atom is -0.462 e. The van der Waals surface area contributed by atoms with Gasteiger partial charge >= 0.3 is 11.9 Å². The highest BCUT2D eigenvalue weighted by molar-refractivity contribution is 6.20. The number of imide groups is 1. The van der Waals surface area contributed by atoms with E-state index in [2.05, 4.69) is 0 Å². The number of aryl methyl sites for hydroxylation is 1. The van der Waals surface area contributed by atoms with Crippen molar-refractivity contribution in [3.63, 3.8) is 0 Å². The number of aromatic nitrogens is 1. The maximum Gasteiger partial charge on any atom is 0.343 e. The van der Waals surface area contributed by atoms with E-state index in [1.807, 2.05) is 42.8 Å². The maximum absolute atomic E-state index is 13.1. The predicted molar refractivity (Wildman–Crippen MR) is 134 cm³/mol. The highest BCUT2D eigenvalue weighted by Crippen LogP contribution is 2.38. The van der Waals surface area contributed by atoms with Crippen molar-refractivity contribution in [3.05, 3.63) is 71.4 Å². The number of carbonyl (C=O) groups excluding carboxylic acids is 4. The van der Waals surface area contributed by atoms with Gasteiger partial charge < -0.3 is 14.0 Å². The number of anilines is 1. The van der Waals surface area contributed by atoms with E-state index in [1.54, 1.807) is 25.1 Å². The molecule has 0 spiro atoms. The second-order valence-corrected chi connectivity index (χ2v) is 8.62. The molecule has 0 N–H and O–H groups in total. The van der Waals surface area contributed by atoms with Crippen LogP contribution in [0.4, 0.5) is 5.69 Å². The zero-order valence-corrected chi connectivity index (χ0v) is 20.2. The van der Waals surface area contributed by atoms with Crippen molar-refractivity contribution in [2.45, 2.75) is 26.7 Å². The fourth-order valence-electron chi connectivity index (χ4n) is 4.72. The molecule has 1 aromatic heterocycles. The van der Waals surface area contributed by atoms with Crippen molar-refractivity contribution >= 4 is 51.1 Å². The fourth-order valence-corrected chi connectivity index (χ4v) is 4.72. The molecule has 0 radical (unpaired) electrons. The molecular weight excluding hydrogens is 460 g/mol. The van der Waals surface area contributed by atoms with Crippen LogP contribution in [0.3, 0.4) is 0 Å². The van der Waals surface area contributed by atoms with E-state index in [1.165, 1.54) is 12.1 Å². The summed E-state index contributed by atoms with van der Waals surface area (Å²) >= 11 is 0. The Bertz CT molecular complexity index is 1550. The zero-order valence-electron chi connectivity index (χ0n) is 20.2. The third kappa shape index (κ3) is 3.71. The summed E-state index contributed by atoms with van der Waals surface area (Å²) in [6.45, 7) is 3.85. The summed E-state index contributed by atoms with van der Waals surface area (Å²) in [4.78, 5) is 51.0. The first-order valence-corrected chi connectivity index (χ1v) is 11.7. The average molecular weight is 485 g/mol. The molecule has 0 bridgehead atoms. The largest absolute Gasteiger partial charge is 0.462 e. The lowest BCUT2D eigenvalue weighted by Gasteiger charge is -2.14. The molecule has 2 amide bonds. The molecule has 8 heteroatoms. The second kappa shape index (κ2) is 8.96. The van der Waals surface area contributed by atoms with Crippen molar-refractivity contribution in [2.24, 2.45) is 7.05 Å². The number of hydrogen-bond donors (Lipinski definition) is 0. The lowest BCUT2D eigenvalue weighted by Crippen LogP contribution is -2.28. The number of hydrogen-bond acceptors (Lipinski definition) is 6. The summed E-state index contributed by atoms with van der Waals surface area (Å²) in [5.41, 5.74) is 2.71. The highest BCUT2D eigenvalue weighted by atomic mass is 16.5. The van der Waals surface area contributed by atoms with Gasteiger partial charge in [0.1, 0.15) is 5.75 Å². The van der Waals surface area contributed by atoms with Gasteiger partial charge in [0.2, 0.25) is 11.8 Å². The van der Waals surface area contributed by atoms with Crippen molar-refractivity contribution in [2.75, 3.05) is 11.5 Å². The van der Waals surface area contributed by atoms with Crippen LogP contribution in [0.25, 0.3) is 21.7 Å². The standard InChI is InChI=1S/C28H24N2O6/c1-4-35-28(34)25-16(2)29(3)26-20-8-6-5-7-19(20)22(15-21(25)26)36-27(33)17-9-11-18(12-10-17)30-23(31)13-14-24(30)32/h5-12,15H,4,13-14H2,1-3H3. The minimum absolute atomic E-state index is 0.185. The smallest absolute Gasteiger partial charge is 0.343 e. The summed E-state index contributed by atoms with van der Waals surface area (Å²) in [6, 6.07) is 15.4. The molecule has 0 aliphatic carbocycles. The zero-order chi connectivity index (χ0) is 25.6. The third-order valence-corrected chi connectivity index (χ3v) is 6.54. The van der Waals surface area contributed by atoms with Gasteiger partial charge in [-0.3, -0.25) is 14.5 Å². The van der Waals surface area contributed by atoms with E-state index in [-0.39, 0.29) is 36.8 Å². The first kappa shape index (κ1) is 23.3. The van der Waals surface area contributed by atoms with Gasteiger partial charge in [-0.25, -0.2) is 9.59 Å². The number of rotatable bonds is 5. The fraction of sp³-hybridized carbons (Fsp3) is 0.214. The Kier molecular flexibility index (Phi) is 5.80. The van der Waals surface area contributed by atoms with Crippen molar-refractivity contribution < 1.29 is 28.7 Å². The van der Waals surface area contributed by atoms with Crippen LogP contribution in [0.15, 0.2) is 54.6 Å². The predicted octanol–water partition coefficient (Wildman–Crippen LogP) is 4.69. The lowest BCUT2D eigenvalue weighted by molar-refractivity contribution is -0.121. The molecular formula is C28H24N2O6. The first-order valence-electron chi connectivity index (χ1n) is 11.7. The number of benzene rings is 3. The Morgan fingerprint density at radius 2 is 1.53 bits per heavy atom. The molecule has 2 heterocycles. The van der Waals surface area contributed by atoms with Crippen molar-refractivity contribution in [1.29, 1.82) is 0 Å². The number of esters is 2. The van der Waals surface area contributed by atoms with Gasteiger partial charge in [-0.2, -0.15) is 0 Å². The molecule has 5 rings (SSSR count). The quantitative estimate of drug-likeness (QED) is 0.232. The minimum atomic E-state index is -0.601. The van der Waals surface area contributed by atoms with Gasteiger partial charge in [-0.1, -0.05) is 24.3 Å². The number of amides is 2. The lowest BCUT2D eigenvalue weighted by atomic mass is 10.0. The van der Waals surface area contributed by atoms with Crippen LogP contribution in [0.2, 0.25) is 0 Å². The van der Waals surface area contributed by atoms with E-state index in [9.17, 15) is 19.2 Å². The summed E-state index contributed by atoms with van der Waals surface area (Å²) in [5, 5.41) is 2.19. The Hall–Kier alpha value is -4.46. The van der Waals surface area contributed by atoms with Gasteiger partial charge in [0, 0.05) is 41.7 Å². The van der Waals surface area contributed by atoms with Crippen LogP contribution >= 0.6 is 0 Å². The van der Waals surface area contributed by atoms with E-state index in [0.29, 0.717) is 22.4 Å². The second-order valence-electron chi connectivity index (χ2n) is 8.62. The number of carbonyl (C=O) groups is 4. The molecule has 0 unspecified atom stereocenters. The van der Waals surface area contributed by atoms with Crippen molar-refractivity contribution in [1.82, 2.24) is 4.57 Å². The molecule has 1 saturated heterocycles. The summed E-state index contributed by atoms with van der Waals surface area (Å²) in [6.07, 6.45) is 0.371. The topological polar surface area (TPSA) is 94.9 Å². The Morgan fingerprint density at radius 3 is 2.17 bits per heavy atom. The molecule has 1 aliphatic heterocycles. The number of fused-ring (bicyclic) bond motifs is 3. The summed E-state index contributed by atoms with van der Waals surface area (Å²) in [7, 11) is 1.88. The molecule has 0 saturated carbocycles. The van der Waals surface area contributed by atoms with Crippen molar-refractivity contribution in [3.8, 4) is 5.75 Å². The SMILES string of the molecule is CCOC(=O)c1c(C)n(C)c2c1cc(OC(=O)c1ccc(N3C(=O)CCC3=O)cc1)c1ccccc12. The van der Waals surface area contributed by atoms with Crippen LogP contribution in [-0.4, -0.2) is 34.9 Å². The van der Waals surface area contributed by atoms with Crippen LogP contribution in [-0.2, 0) is 21.4 Å². The Labute approximate surface area is 207 Å². The van der Waals surface area contributed by atoms with Crippen LogP contribution < -0.4 is 9.64 Å². The molecule has 1 fully saturated rings. The number of nitrogens with zero attached hydrogens (tertiary/aromatic N) is 2. The van der Waals surface area contributed by atoms with Crippen LogP contribution in [0.1, 0.15) is 46.2 Å². The highest BCUT2D eigenvalue weighted by Gasteiger charge is 2.30.